The predicted octanol–water partition coefficient (Wildman–Crippen LogP) is 4.13. The lowest BCUT2D eigenvalue weighted by Crippen LogP contribution is -1.86. The second-order valence-electron chi connectivity index (χ2n) is 3.63. The van der Waals surface area contributed by atoms with Crippen molar-refractivity contribution in [2.75, 3.05) is 0 Å². The molecule has 0 unspecified atom stereocenters. The van der Waals surface area contributed by atoms with Gasteiger partial charge in [-0.25, -0.2) is 0 Å². The molecule has 1 heteroatoms. The molecule has 0 aliphatic rings. The van der Waals surface area contributed by atoms with Gasteiger partial charge >= 0.3 is 0 Å². The molecule has 0 saturated heterocycles. The minimum atomic E-state index is 0.907. The van der Waals surface area contributed by atoms with Crippen molar-refractivity contribution >= 4 is 23.2 Å². The Hall–Kier alpha value is -1.21. The average molecular weight is 216 g/mol. The van der Waals surface area contributed by atoms with E-state index in [-0.39, 0.29) is 0 Å². The maximum atomic E-state index is 5.01. The van der Waals surface area contributed by atoms with Crippen molar-refractivity contribution in [3.63, 3.8) is 0 Å². The topological polar surface area (TPSA) is 0 Å². The number of allylic oxidation sites excluding steroid dienone is 2. The highest BCUT2D eigenvalue weighted by Crippen LogP contribution is 2.13. The smallest absolute Gasteiger partial charge is 0.0121 e. The zero-order chi connectivity index (χ0) is 11.3. The van der Waals surface area contributed by atoms with E-state index in [0.717, 1.165) is 11.3 Å². The van der Waals surface area contributed by atoms with Crippen LogP contribution in [0.25, 0.3) is 6.08 Å². The van der Waals surface area contributed by atoms with Crippen LogP contribution in [0.5, 0.6) is 0 Å². The number of rotatable bonds is 4. The summed E-state index contributed by atoms with van der Waals surface area (Å²) < 4.78 is 0. The first-order valence-electron chi connectivity index (χ1n) is 5.02. The Morgan fingerprint density at radius 1 is 1.47 bits per heavy atom. The minimum absolute atomic E-state index is 0.907. The molecule has 0 heterocycles. The fraction of sp³-hybridized carbons (Fsp3) is 0.214. The van der Waals surface area contributed by atoms with Crippen molar-refractivity contribution < 1.29 is 0 Å². The number of benzene rings is 1. The van der Waals surface area contributed by atoms with Gasteiger partial charge in [-0.15, -0.1) is 6.58 Å². The van der Waals surface area contributed by atoms with Gasteiger partial charge in [0.15, 0.2) is 0 Å². The monoisotopic (exact) mass is 216 g/mol. The molecule has 0 aliphatic carbocycles. The Morgan fingerprint density at radius 3 is 2.73 bits per heavy atom. The van der Waals surface area contributed by atoms with Crippen molar-refractivity contribution in [1.29, 1.82) is 0 Å². The van der Waals surface area contributed by atoms with Gasteiger partial charge < -0.3 is 0 Å². The van der Waals surface area contributed by atoms with E-state index < -0.39 is 0 Å². The van der Waals surface area contributed by atoms with Gasteiger partial charge in [0, 0.05) is 4.86 Å². The SMILES string of the molecule is C=CCc1ccc(/C=C\C(C)=S)c(C)c1. The van der Waals surface area contributed by atoms with Crippen LogP contribution in [0.2, 0.25) is 0 Å². The van der Waals surface area contributed by atoms with E-state index in [0.29, 0.717) is 0 Å². The first kappa shape index (κ1) is 11.9. The molecule has 0 N–H and O–H groups in total. The largest absolute Gasteiger partial charge is 0.103 e. The highest BCUT2D eigenvalue weighted by Gasteiger charge is 1.96. The van der Waals surface area contributed by atoms with Crippen molar-refractivity contribution in [2.45, 2.75) is 20.3 Å². The molecule has 78 valence electrons. The Labute approximate surface area is 97.3 Å². The first-order valence-corrected chi connectivity index (χ1v) is 5.43. The normalized spacial score (nSPS) is 10.5. The Bertz CT molecular complexity index is 400. The average Bonchev–Trinajstić information content (AvgIpc) is 2.17. The third-order valence-corrected chi connectivity index (χ3v) is 2.35. The summed E-state index contributed by atoms with van der Waals surface area (Å²) in [6.45, 7) is 7.78. The van der Waals surface area contributed by atoms with Crippen LogP contribution in [-0.4, -0.2) is 4.86 Å². The fourth-order valence-corrected chi connectivity index (χ4v) is 1.49. The molecule has 0 fully saturated rings. The van der Waals surface area contributed by atoms with E-state index in [1.54, 1.807) is 0 Å². The van der Waals surface area contributed by atoms with Gasteiger partial charge in [-0.2, -0.15) is 0 Å². The maximum absolute atomic E-state index is 5.01. The fourth-order valence-electron chi connectivity index (χ4n) is 1.43. The van der Waals surface area contributed by atoms with Crippen molar-refractivity contribution in [2.24, 2.45) is 0 Å². The van der Waals surface area contributed by atoms with E-state index in [2.05, 4.69) is 37.8 Å². The summed E-state index contributed by atoms with van der Waals surface area (Å²) in [6.07, 6.45) is 6.88. The predicted molar refractivity (Wildman–Crippen MR) is 72.4 cm³/mol. The summed E-state index contributed by atoms with van der Waals surface area (Å²) in [7, 11) is 0. The Morgan fingerprint density at radius 2 is 2.20 bits per heavy atom. The highest BCUT2D eigenvalue weighted by atomic mass is 32.1. The zero-order valence-corrected chi connectivity index (χ0v) is 10.1. The van der Waals surface area contributed by atoms with Gasteiger partial charge in [-0.3, -0.25) is 0 Å². The third-order valence-electron chi connectivity index (χ3n) is 2.21. The van der Waals surface area contributed by atoms with Crippen LogP contribution in [-0.2, 0) is 6.42 Å². The second kappa shape index (κ2) is 5.62. The summed E-state index contributed by atoms with van der Waals surface area (Å²) in [4.78, 5) is 0.907. The van der Waals surface area contributed by atoms with Crippen LogP contribution in [0, 0.1) is 6.92 Å². The van der Waals surface area contributed by atoms with E-state index in [1.807, 2.05) is 19.1 Å². The van der Waals surface area contributed by atoms with Gasteiger partial charge in [0.1, 0.15) is 0 Å². The van der Waals surface area contributed by atoms with Gasteiger partial charge in [-0.1, -0.05) is 42.6 Å². The molecule has 1 rings (SSSR count). The van der Waals surface area contributed by atoms with E-state index in [1.165, 1.54) is 16.7 Å². The van der Waals surface area contributed by atoms with Crippen molar-refractivity contribution in [3.05, 3.63) is 53.6 Å². The lowest BCUT2D eigenvalue weighted by molar-refractivity contribution is 1.25. The molecule has 0 amide bonds. The van der Waals surface area contributed by atoms with Crippen molar-refractivity contribution in [1.82, 2.24) is 0 Å². The molecular formula is C14H16S. The summed E-state index contributed by atoms with van der Waals surface area (Å²) in [5.41, 5.74) is 3.81. The number of thiocarbonyl (C=S) groups is 1. The lowest BCUT2D eigenvalue weighted by atomic mass is 10.0. The summed E-state index contributed by atoms with van der Waals surface area (Å²) in [5, 5.41) is 0. The Balaban J connectivity index is 2.92. The molecule has 0 nitrogen and oxygen atoms in total. The van der Waals surface area contributed by atoms with Crippen LogP contribution < -0.4 is 0 Å². The molecule has 1 aromatic rings. The van der Waals surface area contributed by atoms with Crippen LogP contribution in [0.4, 0.5) is 0 Å². The van der Waals surface area contributed by atoms with Crippen LogP contribution in [0.3, 0.4) is 0 Å². The van der Waals surface area contributed by atoms with E-state index >= 15 is 0 Å². The van der Waals surface area contributed by atoms with Crippen LogP contribution in [0.15, 0.2) is 36.9 Å². The first-order chi connectivity index (χ1) is 7.13. The maximum Gasteiger partial charge on any atom is 0.0121 e. The van der Waals surface area contributed by atoms with Crippen LogP contribution in [0.1, 0.15) is 23.6 Å². The van der Waals surface area contributed by atoms with Gasteiger partial charge in [0.25, 0.3) is 0 Å². The minimum Gasteiger partial charge on any atom is -0.103 e. The standard InChI is InChI=1S/C14H16S/c1-4-5-13-7-9-14(11(2)10-13)8-6-12(3)15/h4,6-10H,1,5H2,2-3H3/b8-6-. The molecule has 0 atom stereocenters. The van der Waals surface area contributed by atoms with E-state index in [9.17, 15) is 0 Å². The second-order valence-corrected chi connectivity index (χ2v) is 4.27. The van der Waals surface area contributed by atoms with Crippen molar-refractivity contribution in [3.8, 4) is 0 Å². The van der Waals surface area contributed by atoms with Crippen LogP contribution >= 0.6 is 12.2 Å². The molecule has 15 heavy (non-hydrogen) atoms. The molecular weight excluding hydrogens is 200 g/mol. The molecule has 0 aliphatic heterocycles. The quantitative estimate of drug-likeness (QED) is 0.414. The molecule has 0 bridgehead atoms. The van der Waals surface area contributed by atoms with Gasteiger partial charge in [0.05, 0.1) is 0 Å². The van der Waals surface area contributed by atoms with Gasteiger partial charge in [0.2, 0.25) is 0 Å². The molecule has 0 saturated carbocycles. The summed E-state index contributed by atoms with van der Waals surface area (Å²) in [6, 6.07) is 6.45. The molecule has 0 radical (unpaired) electrons. The molecule has 1 aromatic carbocycles. The van der Waals surface area contributed by atoms with E-state index in [4.69, 9.17) is 12.2 Å². The lowest BCUT2D eigenvalue weighted by Gasteiger charge is -2.03. The summed E-state index contributed by atoms with van der Waals surface area (Å²) >= 11 is 5.01. The number of hydrogen-bond donors (Lipinski definition) is 0. The Kier molecular flexibility index (Phi) is 4.44. The molecule has 0 spiro atoms. The molecule has 0 aromatic heterocycles. The number of hydrogen-bond acceptors (Lipinski definition) is 1. The third kappa shape index (κ3) is 3.80. The van der Waals surface area contributed by atoms with Gasteiger partial charge in [-0.05, 0) is 43.0 Å². The number of aryl methyl sites for hydroxylation is 1. The zero-order valence-electron chi connectivity index (χ0n) is 9.29. The summed E-state index contributed by atoms with van der Waals surface area (Å²) in [5.74, 6) is 0. The highest BCUT2D eigenvalue weighted by molar-refractivity contribution is 7.80.